The molecular formula is C18H20N4OS2. The summed E-state index contributed by atoms with van der Waals surface area (Å²) < 4.78 is 1.94. The molecule has 0 spiro atoms. The molecule has 3 rings (SSSR count). The van der Waals surface area contributed by atoms with Gasteiger partial charge in [-0.3, -0.25) is 4.79 Å². The monoisotopic (exact) mass is 372 g/mol. The molecule has 130 valence electrons. The highest BCUT2D eigenvalue weighted by atomic mass is 32.2. The molecule has 1 amide bonds. The predicted octanol–water partition coefficient (Wildman–Crippen LogP) is 4.20. The molecule has 1 aromatic carbocycles. The standard InChI is InChI=1S/C18H20N4OS2/c1-11-5-7-14(8-6-11)19-16(23)10-25-18-21-20-17(22(18)4)15-9-24-13(3)12(15)2/h5-9H,10H2,1-4H3,(H,19,23). The minimum absolute atomic E-state index is 0.0547. The van der Waals surface area contributed by atoms with Crippen LogP contribution in [-0.4, -0.2) is 26.4 Å². The van der Waals surface area contributed by atoms with Crippen LogP contribution in [0.2, 0.25) is 0 Å². The Morgan fingerprint density at radius 3 is 2.56 bits per heavy atom. The highest BCUT2D eigenvalue weighted by Gasteiger charge is 2.16. The molecule has 5 nitrogen and oxygen atoms in total. The quantitative estimate of drug-likeness (QED) is 0.682. The molecule has 0 radical (unpaired) electrons. The average Bonchev–Trinajstić information content (AvgIpc) is 3.11. The van der Waals surface area contributed by atoms with Crippen LogP contribution in [0.4, 0.5) is 5.69 Å². The fourth-order valence-electron chi connectivity index (χ4n) is 2.37. The third kappa shape index (κ3) is 3.93. The first-order valence-electron chi connectivity index (χ1n) is 7.89. The van der Waals surface area contributed by atoms with E-state index in [1.165, 1.54) is 22.2 Å². The molecule has 3 aromatic rings. The number of hydrogen-bond acceptors (Lipinski definition) is 5. The lowest BCUT2D eigenvalue weighted by Crippen LogP contribution is -2.14. The number of nitrogens with zero attached hydrogens (tertiary/aromatic N) is 3. The zero-order valence-electron chi connectivity index (χ0n) is 14.7. The second-order valence-corrected chi connectivity index (χ2v) is 7.92. The van der Waals surface area contributed by atoms with Crippen LogP contribution in [0.25, 0.3) is 11.4 Å². The molecule has 2 heterocycles. The lowest BCUT2D eigenvalue weighted by molar-refractivity contribution is -0.113. The van der Waals surface area contributed by atoms with Crippen molar-refractivity contribution in [1.29, 1.82) is 0 Å². The van der Waals surface area contributed by atoms with Crippen molar-refractivity contribution in [2.75, 3.05) is 11.1 Å². The second-order valence-electron chi connectivity index (χ2n) is 5.90. The van der Waals surface area contributed by atoms with Crippen LogP contribution in [0.1, 0.15) is 16.0 Å². The van der Waals surface area contributed by atoms with Crippen LogP contribution in [0.15, 0.2) is 34.8 Å². The van der Waals surface area contributed by atoms with Gasteiger partial charge in [0.1, 0.15) is 0 Å². The molecule has 1 N–H and O–H groups in total. The summed E-state index contributed by atoms with van der Waals surface area (Å²) in [6, 6.07) is 7.76. The summed E-state index contributed by atoms with van der Waals surface area (Å²) in [7, 11) is 1.93. The minimum atomic E-state index is -0.0547. The van der Waals surface area contributed by atoms with Crippen LogP contribution in [0.5, 0.6) is 0 Å². The number of aromatic nitrogens is 3. The summed E-state index contributed by atoms with van der Waals surface area (Å²) >= 11 is 3.10. The number of amides is 1. The summed E-state index contributed by atoms with van der Waals surface area (Å²) in [6.07, 6.45) is 0. The number of carbonyl (C=O) groups is 1. The highest BCUT2D eigenvalue weighted by Crippen LogP contribution is 2.30. The van der Waals surface area contributed by atoms with E-state index in [9.17, 15) is 4.79 Å². The maximum absolute atomic E-state index is 12.1. The number of rotatable bonds is 5. The van der Waals surface area contributed by atoms with Crippen LogP contribution in [0, 0.1) is 20.8 Å². The van der Waals surface area contributed by atoms with E-state index in [1.54, 1.807) is 11.3 Å². The molecule has 0 saturated heterocycles. The number of thiophene rings is 1. The number of benzene rings is 1. The summed E-state index contributed by atoms with van der Waals surface area (Å²) in [4.78, 5) is 13.4. The van der Waals surface area contributed by atoms with E-state index in [2.05, 4.69) is 34.7 Å². The first-order valence-corrected chi connectivity index (χ1v) is 9.76. The summed E-state index contributed by atoms with van der Waals surface area (Å²) in [5, 5.41) is 14.3. The fraction of sp³-hybridized carbons (Fsp3) is 0.278. The fourth-order valence-corrected chi connectivity index (χ4v) is 3.95. The van der Waals surface area contributed by atoms with Gasteiger partial charge in [0.25, 0.3) is 0 Å². The third-order valence-corrected chi connectivity index (χ3v) is 6.06. The number of carbonyl (C=O) groups excluding carboxylic acids is 1. The number of anilines is 1. The van der Waals surface area contributed by atoms with E-state index in [0.29, 0.717) is 5.75 Å². The van der Waals surface area contributed by atoms with Crippen molar-refractivity contribution in [3.8, 4) is 11.4 Å². The van der Waals surface area contributed by atoms with Crippen molar-refractivity contribution in [3.63, 3.8) is 0 Å². The van der Waals surface area contributed by atoms with Crippen molar-refractivity contribution in [3.05, 3.63) is 45.6 Å². The van der Waals surface area contributed by atoms with Crippen LogP contribution in [-0.2, 0) is 11.8 Å². The van der Waals surface area contributed by atoms with Gasteiger partial charge in [-0.15, -0.1) is 21.5 Å². The summed E-state index contributed by atoms with van der Waals surface area (Å²) in [5.74, 6) is 1.07. The first kappa shape index (κ1) is 17.7. The van der Waals surface area contributed by atoms with Crippen molar-refractivity contribution in [1.82, 2.24) is 14.8 Å². The van der Waals surface area contributed by atoms with Gasteiger partial charge >= 0.3 is 0 Å². The van der Waals surface area contributed by atoms with Crippen LogP contribution in [0.3, 0.4) is 0 Å². The largest absolute Gasteiger partial charge is 0.325 e. The van der Waals surface area contributed by atoms with Gasteiger partial charge in [-0.1, -0.05) is 29.5 Å². The van der Waals surface area contributed by atoms with Gasteiger partial charge < -0.3 is 9.88 Å². The molecule has 0 saturated carbocycles. The van der Waals surface area contributed by atoms with E-state index < -0.39 is 0 Å². The Bertz CT molecular complexity index is 896. The topological polar surface area (TPSA) is 59.8 Å². The van der Waals surface area contributed by atoms with Crippen LogP contribution < -0.4 is 5.32 Å². The Balaban J connectivity index is 1.65. The van der Waals surface area contributed by atoms with Gasteiger partial charge in [-0.25, -0.2) is 0 Å². The van der Waals surface area contributed by atoms with Crippen LogP contribution >= 0.6 is 23.1 Å². The summed E-state index contributed by atoms with van der Waals surface area (Å²) in [6.45, 7) is 6.21. The van der Waals surface area contributed by atoms with Gasteiger partial charge in [0.15, 0.2) is 11.0 Å². The molecule has 0 atom stereocenters. The maximum atomic E-state index is 12.1. The van der Waals surface area contributed by atoms with Crippen molar-refractivity contribution >= 4 is 34.7 Å². The number of aryl methyl sites for hydroxylation is 2. The molecule has 0 aliphatic heterocycles. The van der Waals surface area contributed by atoms with Gasteiger partial charge in [0.05, 0.1) is 5.75 Å². The smallest absolute Gasteiger partial charge is 0.234 e. The second kappa shape index (κ2) is 7.41. The van der Waals surface area contributed by atoms with Gasteiger partial charge in [-0.2, -0.15) is 0 Å². The van der Waals surface area contributed by atoms with E-state index in [-0.39, 0.29) is 5.91 Å². The molecule has 0 unspecified atom stereocenters. The number of nitrogens with one attached hydrogen (secondary N) is 1. The van der Waals surface area contributed by atoms with E-state index in [1.807, 2.05) is 42.8 Å². The SMILES string of the molecule is Cc1ccc(NC(=O)CSc2nnc(-c3csc(C)c3C)n2C)cc1. The molecular weight excluding hydrogens is 352 g/mol. The normalized spacial score (nSPS) is 10.9. The van der Waals surface area contributed by atoms with Gasteiger partial charge in [-0.05, 0) is 38.5 Å². The molecule has 7 heteroatoms. The number of thioether (sulfide) groups is 1. The summed E-state index contributed by atoms with van der Waals surface area (Å²) in [5.41, 5.74) is 4.31. The van der Waals surface area contributed by atoms with Crippen molar-refractivity contribution < 1.29 is 4.79 Å². The Morgan fingerprint density at radius 1 is 1.20 bits per heavy atom. The van der Waals surface area contributed by atoms with E-state index in [0.717, 1.165) is 27.8 Å². The lowest BCUT2D eigenvalue weighted by Gasteiger charge is -2.06. The van der Waals surface area contributed by atoms with Crippen molar-refractivity contribution in [2.24, 2.45) is 7.05 Å². The van der Waals surface area contributed by atoms with Crippen molar-refractivity contribution in [2.45, 2.75) is 25.9 Å². The van der Waals surface area contributed by atoms with E-state index in [4.69, 9.17) is 0 Å². The molecule has 0 aliphatic rings. The zero-order chi connectivity index (χ0) is 18.0. The van der Waals surface area contributed by atoms with E-state index >= 15 is 0 Å². The predicted molar refractivity (Wildman–Crippen MR) is 104 cm³/mol. The Kier molecular flexibility index (Phi) is 5.24. The molecule has 25 heavy (non-hydrogen) atoms. The zero-order valence-corrected chi connectivity index (χ0v) is 16.3. The van der Waals surface area contributed by atoms with Gasteiger partial charge in [0.2, 0.25) is 5.91 Å². The third-order valence-electron chi connectivity index (χ3n) is 4.03. The minimum Gasteiger partial charge on any atom is -0.325 e. The molecule has 0 bridgehead atoms. The first-order chi connectivity index (χ1) is 12.0. The molecule has 2 aromatic heterocycles. The Morgan fingerprint density at radius 2 is 1.92 bits per heavy atom. The lowest BCUT2D eigenvalue weighted by atomic mass is 10.2. The highest BCUT2D eigenvalue weighted by molar-refractivity contribution is 7.99. The maximum Gasteiger partial charge on any atom is 0.234 e. The average molecular weight is 373 g/mol. The Hall–Kier alpha value is -2.12. The molecule has 0 fully saturated rings. The Labute approximate surface area is 155 Å². The van der Waals surface area contributed by atoms with Gasteiger partial charge in [0, 0.05) is 28.6 Å². The molecule has 0 aliphatic carbocycles. The number of hydrogen-bond donors (Lipinski definition) is 1.